The zero-order valence-corrected chi connectivity index (χ0v) is 29.1. The molecule has 2 nitrogen and oxygen atoms in total. The average molecular weight is 583 g/mol. The van der Waals surface area contributed by atoms with Gasteiger partial charge in [-0.2, -0.15) is 11.8 Å². The van der Waals surface area contributed by atoms with Crippen LogP contribution >= 0.6 is 11.8 Å². The summed E-state index contributed by atoms with van der Waals surface area (Å²) in [7, 11) is 0. The van der Waals surface area contributed by atoms with Crippen LogP contribution in [0.1, 0.15) is 159 Å². The Morgan fingerprint density at radius 1 is 0.561 bits per heavy atom. The molecule has 0 radical (unpaired) electrons. The highest BCUT2D eigenvalue weighted by Crippen LogP contribution is 2.47. The lowest BCUT2D eigenvalue weighted by Crippen LogP contribution is -2.33. The van der Waals surface area contributed by atoms with Crippen molar-refractivity contribution >= 4 is 11.8 Å². The number of rotatable bonds is 16. The first-order valence-electron chi connectivity index (χ1n) is 16.5. The van der Waals surface area contributed by atoms with Crippen molar-refractivity contribution in [2.45, 2.75) is 156 Å². The molecule has 0 atom stereocenters. The van der Waals surface area contributed by atoms with Crippen LogP contribution in [-0.4, -0.2) is 21.7 Å². The molecule has 0 bridgehead atoms. The monoisotopic (exact) mass is 582 g/mol. The standard InChI is InChI=1S/C38H62O2S/c1-11-13-14-15-16-17-18-19-20-21-22-41-27-38(12-2,30-25-32(36(5,6)7)34(39)23-28(30)3)31-26-33(37(8,9)10)35(40)24-29(31)4/h23-26,39-40H,11-22,27H2,1-10H3. The fraction of sp³-hybridized carbons (Fsp3) is 0.684. The van der Waals surface area contributed by atoms with Crippen LogP contribution in [-0.2, 0) is 16.2 Å². The molecule has 0 unspecified atom stereocenters. The van der Waals surface area contributed by atoms with Gasteiger partial charge in [-0.1, -0.05) is 125 Å². The van der Waals surface area contributed by atoms with Gasteiger partial charge in [-0.25, -0.2) is 0 Å². The Kier molecular flexibility index (Phi) is 13.7. The summed E-state index contributed by atoms with van der Waals surface area (Å²) in [5.74, 6) is 2.94. The van der Waals surface area contributed by atoms with E-state index in [0.717, 1.165) is 34.4 Å². The maximum Gasteiger partial charge on any atom is 0.119 e. The predicted molar refractivity (Wildman–Crippen MR) is 183 cm³/mol. The van der Waals surface area contributed by atoms with Crippen molar-refractivity contribution < 1.29 is 10.2 Å². The fourth-order valence-corrected chi connectivity index (χ4v) is 7.76. The second-order valence-electron chi connectivity index (χ2n) is 14.5. The number of unbranched alkanes of at least 4 members (excludes halogenated alkanes) is 9. The molecule has 0 amide bonds. The minimum Gasteiger partial charge on any atom is -0.508 e. The van der Waals surface area contributed by atoms with E-state index in [-0.39, 0.29) is 16.2 Å². The number of hydrogen-bond donors (Lipinski definition) is 2. The number of thioether (sulfide) groups is 1. The normalized spacial score (nSPS) is 12.7. The molecular weight excluding hydrogens is 520 g/mol. The quantitative estimate of drug-likeness (QED) is 0.193. The van der Waals surface area contributed by atoms with Gasteiger partial charge in [-0.3, -0.25) is 0 Å². The Hall–Kier alpha value is -1.61. The van der Waals surface area contributed by atoms with Gasteiger partial charge < -0.3 is 10.2 Å². The number of benzene rings is 2. The molecule has 232 valence electrons. The molecule has 41 heavy (non-hydrogen) atoms. The molecule has 2 aromatic carbocycles. The molecule has 2 N–H and O–H groups in total. The Morgan fingerprint density at radius 3 is 1.32 bits per heavy atom. The van der Waals surface area contributed by atoms with Crippen LogP contribution < -0.4 is 0 Å². The van der Waals surface area contributed by atoms with Gasteiger partial charge in [0.15, 0.2) is 0 Å². The molecule has 0 saturated carbocycles. The molecule has 0 aromatic heterocycles. The summed E-state index contributed by atoms with van der Waals surface area (Å²) in [5, 5.41) is 21.9. The number of phenolic OH excluding ortho intramolecular Hbond substituents is 2. The summed E-state index contributed by atoms with van der Waals surface area (Å²) < 4.78 is 0. The summed E-state index contributed by atoms with van der Waals surface area (Å²) in [4.78, 5) is 0. The van der Waals surface area contributed by atoms with Crippen LogP contribution in [0.25, 0.3) is 0 Å². The van der Waals surface area contributed by atoms with E-state index in [1.807, 2.05) is 12.1 Å². The lowest BCUT2D eigenvalue weighted by Gasteiger charge is -2.39. The van der Waals surface area contributed by atoms with E-state index in [1.54, 1.807) is 0 Å². The highest BCUT2D eigenvalue weighted by molar-refractivity contribution is 7.99. The third kappa shape index (κ3) is 9.70. The van der Waals surface area contributed by atoms with Crippen LogP contribution in [0.2, 0.25) is 0 Å². The van der Waals surface area contributed by atoms with Gasteiger partial charge in [-0.15, -0.1) is 0 Å². The predicted octanol–water partition coefficient (Wildman–Crippen LogP) is 11.7. The second-order valence-corrected chi connectivity index (χ2v) is 15.6. The van der Waals surface area contributed by atoms with Crippen molar-refractivity contribution in [3.05, 3.63) is 57.6 Å². The molecule has 0 aliphatic carbocycles. The van der Waals surface area contributed by atoms with Crippen LogP contribution in [0.4, 0.5) is 0 Å². The van der Waals surface area contributed by atoms with Gasteiger partial charge in [0.1, 0.15) is 11.5 Å². The minimum absolute atomic E-state index is 0.157. The molecule has 0 fully saturated rings. The van der Waals surface area contributed by atoms with Gasteiger partial charge in [0.2, 0.25) is 0 Å². The van der Waals surface area contributed by atoms with E-state index < -0.39 is 0 Å². The smallest absolute Gasteiger partial charge is 0.119 e. The molecule has 0 aliphatic rings. The number of aromatic hydroxyl groups is 2. The maximum absolute atomic E-state index is 11.0. The first-order valence-corrected chi connectivity index (χ1v) is 17.6. The Labute approximate surface area is 258 Å². The molecule has 2 rings (SSSR count). The summed E-state index contributed by atoms with van der Waals surface area (Å²) in [6.45, 7) is 22.0. The zero-order valence-electron chi connectivity index (χ0n) is 28.3. The van der Waals surface area contributed by atoms with Crippen molar-refractivity contribution in [1.29, 1.82) is 0 Å². The maximum atomic E-state index is 11.0. The first-order chi connectivity index (χ1) is 19.2. The molecule has 3 heteroatoms. The number of aryl methyl sites for hydroxylation is 2. The van der Waals surface area contributed by atoms with Gasteiger partial charge in [0, 0.05) is 11.2 Å². The van der Waals surface area contributed by atoms with Crippen LogP contribution in [0.3, 0.4) is 0 Å². The third-order valence-electron chi connectivity index (χ3n) is 8.93. The van der Waals surface area contributed by atoms with Crippen molar-refractivity contribution in [1.82, 2.24) is 0 Å². The lowest BCUT2D eigenvalue weighted by molar-refractivity contribution is 0.441. The van der Waals surface area contributed by atoms with E-state index in [0.29, 0.717) is 11.5 Å². The van der Waals surface area contributed by atoms with E-state index in [2.05, 4.69) is 93.1 Å². The summed E-state index contributed by atoms with van der Waals surface area (Å²) in [6, 6.07) is 8.54. The van der Waals surface area contributed by atoms with Crippen LogP contribution in [0.5, 0.6) is 11.5 Å². The Bertz CT molecular complexity index is 1020. The molecule has 2 aromatic rings. The molecular formula is C38H62O2S. The van der Waals surface area contributed by atoms with E-state index >= 15 is 0 Å². The lowest BCUT2D eigenvalue weighted by atomic mass is 9.68. The van der Waals surface area contributed by atoms with Crippen LogP contribution in [0, 0.1) is 13.8 Å². The molecule has 0 spiro atoms. The second kappa shape index (κ2) is 15.7. The highest BCUT2D eigenvalue weighted by atomic mass is 32.2. The van der Waals surface area contributed by atoms with Gasteiger partial charge in [0.25, 0.3) is 0 Å². The SMILES string of the molecule is CCCCCCCCCCCCSCC(CC)(c1cc(C(C)(C)C)c(O)cc1C)c1cc(C(C)(C)C)c(O)cc1C. The highest BCUT2D eigenvalue weighted by Gasteiger charge is 2.38. The van der Waals surface area contributed by atoms with Crippen molar-refractivity contribution in [3.63, 3.8) is 0 Å². The fourth-order valence-electron chi connectivity index (χ4n) is 6.34. The van der Waals surface area contributed by atoms with Crippen molar-refractivity contribution in [3.8, 4) is 11.5 Å². The molecule has 0 heterocycles. The minimum atomic E-state index is -0.210. The van der Waals surface area contributed by atoms with Gasteiger partial charge in [-0.05, 0) is 88.8 Å². The molecule has 0 aliphatic heterocycles. The van der Waals surface area contributed by atoms with Crippen molar-refractivity contribution in [2.75, 3.05) is 11.5 Å². The van der Waals surface area contributed by atoms with E-state index in [9.17, 15) is 10.2 Å². The van der Waals surface area contributed by atoms with E-state index in [1.165, 1.54) is 81.1 Å². The van der Waals surface area contributed by atoms with Crippen LogP contribution in [0.15, 0.2) is 24.3 Å². The van der Waals surface area contributed by atoms with Gasteiger partial charge >= 0.3 is 0 Å². The van der Waals surface area contributed by atoms with Crippen molar-refractivity contribution in [2.24, 2.45) is 0 Å². The van der Waals surface area contributed by atoms with E-state index in [4.69, 9.17) is 0 Å². The van der Waals surface area contributed by atoms with Gasteiger partial charge in [0.05, 0.1) is 0 Å². The zero-order chi connectivity index (χ0) is 30.8. The largest absolute Gasteiger partial charge is 0.508 e. The average Bonchev–Trinajstić information content (AvgIpc) is 2.86. The number of hydrogen-bond acceptors (Lipinski definition) is 3. The Balaban J connectivity index is 2.35. The summed E-state index contributed by atoms with van der Waals surface area (Å²) in [6.07, 6.45) is 14.6. The molecule has 0 saturated heterocycles. The number of phenols is 2. The third-order valence-corrected chi connectivity index (χ3v) is 10.2. The summed E-state index contributed by atoms with van der Waals surface area (Å²) in [5.41, 5.74) is 6.39. The first kappa shape index (κ1) is 35.6. The topological polar surface area (TPSA) is 40.5 Å². The Morgan fingerprint density at radius 2 is 0.951 bits per heavy atom. The summed E-state index contributed by atoms with van der Waals surface area (Å²) >= 11 is 2.08.